The highest BCUT2D eigenvalue weighted by Crippen LogP contribution is 2.26. The number of nitrogens with two attached hydrogens (primary N) is 1. The minimum atomic E-state index is -0.101. The van der Waals surface area contributed by atoms with Crippen LogP contribution < -0.4 is 10.5 Å². The lowest BCUT2D eigenvalue weighted by Gasteiger charge is -2.18. The molecule has 20 heavy (non-hydrogen) atoms. The van der Waals surface area contributed by atoms with Gasteiger partial charge in [-0.25, -0.2) is 0 Å². The summed E-state index contributed by atoms with van der Waals surface area (Å²) in [7, 11) is 0. The van der Waals surface area contributed by atoms with Crippen LogP contribution in [0.1, 0.15) is 33.9 Å². The summed E-state index contributed by atoms with van der Waals surface area (Å²) in [6.45, 7) is 8.83. The lowest BCUT2D eigenvalue weighted by Crippen LogP contribution is -2.20. The Balaban J connectivity index is 2.12. The molecule has 2 rings (SSSR count). The van der Waals surface area contributed by atoms with Gasteiger partial charge in [0.05, 0.1) is 6.04 Å². The molecule has 1 atom stereocenters. The average Bonchev–Trinajstić information content (AvgIpc) is 2.37. The Bertz CT molecular complexity index is 581. The fraction of sp³-hybridized carbons (Fsp3) is 0.333. The molecule has 0 aliphatic heterocycles. The normalized spacial score (nSPS) is 12.2. The zero-order chi connectivity index (χ0) is 14.7. The number of hydrogen-bond donors (Lipinski definition) is 1. The van der Waals surface area contributed by atoms with Crippen LogP contribution in [0.5, 0.6) is 5.75 Å². The van der Waals surface area contributed by atoms with Crippen molar-refractivity contribution < 1.29 is 4.74 Å². The van der Waals surface area contributed by atoms with E-state index in [0.29, 0.717) is 6.61 Å². The third-order valence-corrected chi connectivity index (χ3v) is 3.60. The van der Waals surface area contributed by atoms with Crippen molar-refractivity contribution in [3.05, 3.63) is 64.2 Å². The molecular weight excluding hydrogens is 246 g/mol. The topological polar surface area (TPSA) is 35.2 Å². The van der Waals surface area contributed by atoms with Gasteiger partial charge in [0.1, 0.15) is 12.4 Å². The number of benzene rings is 2. The van der Waals surface area contributed by atoms with Gasteiger partial charge < -0.3 is 10.5 Å². The predicted molar refractivity (Wildman–Crippen MR) is 84.3 cm³/mol. The number of aryl methyl sites for hydroxylation is 4. The van der Waals surface area contributed by atoms with E-state index in [9.17, 15) is 0 Å². The van der Waals surface area contributed by atoms with Gasteiger partial charge in [-0.2, -0.15) is 0 Å². The van der Waals surface area contributed by atoms with Crippen molar-refractivity contribution in [1.29, 1.82) is 0 Å². The molecule has 2 nitrogen and oxygen atoms in total. The van der Waals surface area contributed by atoms with E-state index in [2.05, 4.69) is 52.0 Å². The second-order valence-electron chi connectivity index (χ2n) is 5.50. The Morgan fingerprint density at radius 1 is 0.950 bits per heavy atom. The van der Waals surface area contributed by atoms with Crippen LogP contribution in [-0.4, -0.2) is 6.61 Å². The van der Waals surface area contributed by atoms with Gasteiger partial charge in [-0.3, -0.25) is 0 Å². The Morgan fingerprint density at radius 2 is 1.55 bits per heavy atom. The zero-order valence-electron chi connectivity index (χ0n) is 12.7. The van der Waals surface area contributed by atoms with Crippen molar-refractivity contribution in [2.45, 2.75) is 33.7 Å². The molecule has 0 bridgehead atoms. The van der Waals surface area contributed by atoms with Crippen molar-refractivity contribution in [3.63, 3.8) is 0 Å². The molecule has 2 aromatic carbocycles. The third kappa shape index (κ3) is 3.20. The molecule has 0 saturated carbocycles. The smallest absolute Gasteiger partial charge is 0.125 e. The average molecular weight is 269 g/mol. The van der Waals surface area contributed by atoms with Crippen molar-refractivity contribution in [2.75, 3.05) is 6.61 Å². The van der Waals surface area contributed by atoms with Gasteiger partial charge >= 0.3 is 0 Å². The Kier molecular flexibility index (Phi) is 4.46. The van der Waals surface area contributed by atoms with Gasteiger partial charge in [0.15, 0.2) is 0 Å². The summed E-state index contributed by atoms with van der Waals surface area (Å²) in [5.74, 6) is 0.958. The molecule has 106 valence electrons. The van der Waals surface area contributed by atoms with Crippen LogP contribution in [0.4, 0.5) is 0 Å². The SMILES string of the molecule is Cc1cc(C)c(OCC(N)c2ccccc2C)c(C)c1. The maximum absolute atomic E-state index is 6.25. The largest absolute Gasteiger partial charge is 0.491 e. The van der Waals surface area contributed by atoms with E-state index >= 15 is 0 Å². The van der Waals surface area contributed by atoms with Gasteiger partial charge in [-0.05, 0) is 49.9 Å². The lowest BCUT2D eigenvalue weighted by molar-refractivity contribution is 0.286. The number of ether oxygens (including phenoxy) is 1. The molecule has 0 aliphatic rings. The van der Waals surface area contributed by atoms with E-state index in [1.807, 2.05) is 12.1 Å². The predicted octanol–water partition coefficient (Wildman–Crippen LogP) is 4.00. The van der Waals surface area contributed by atoms with Gasteiger partial charge in [-0.1, -0.05) is 42.0 Å². The maximum Gasteiger partial charge on any atom is 0.125 e. The fourth-order valence-corrected chi connectivity index (χ4v) is 2.66. The van der Waals surface area contributed by atoms with Gasteiger partial charge in [0.2, 0.25) is 0 Å². The van der Waals surface area contributed by atoms with Crippen LogP contribution in [-0.2, 0) is 0 Å². The van der Waals surface area contributed by atoms with E-state index < -0.39 is 0 Å². The van der Waals surface area contributed by atoms with Crippen molar-refractivity contribution >= 4 is 0 Å². The Morgan fingerprint density at radius 3 is 2.15 bits per heavy atom. The molecule has 0 aromatic heterocycles. The third-order valence-electron chi connectivity index (χ3n) is 3.60. The van der Waals surface area contributed by atoms with E-state index in [1.54, 1.807) is 0 Å². The number of hydrogen-bond acceptors (Lipinski definition) is 2. The molecule has 2 N–H and O–H groups in total. The molecule has 0 fully saturated rings. The minimum absolute atomic E-state index is 0.101. The molecule has 1 unspecified atom stereocenters. The first-order valence-corrected chi connectivity index (χ1v) is 7.01. The second-order valence-corrected chi connectivity index (χ2v) is 5.50. The summed E-state index contributed by atoms with van der Waals surface area (Å²) in [5.41, 5.74) is 12.2. The van der Waals surface area contributed by atoms with Crippen LogP contribution in [0.3, 0.4) is 0 Å². The van der Waals surface area contributed by atoms with Crippen molar-refractivity contribution in [1.82, 2.24) is 0 Å². The maximum atomic E-state index is 6.25. The highest BCUT2D eigenvalue weighted by molar-refractivity contribution is 5.43. The van der Waals surface area contributed by atoms with Crippen LogP contribution in [0, 0.1) is 27.7 Å². The molecule has 2 aromatic rings. The van der Waals surface area contributed by atoms with Crippen LogP contribution >= 0.6 is 0 Å². The summed E-state index contributed by atoms with van der Waals surface area (Å²) >= 11 is 0. The fourth-order valence-electron chi connectivity index (χ4n) is 2.66. The van der Waals surface area contributed by atoms with E-state index in [4.69, 9.17) is 10.5 Å². The van der Waals surface area contributed by atoms with Gasteiger partial charge in [0, 0.05) is 0 Å². The Labute approximate surface area is 121 Å². The van der Waals surface area contributed by atoms with Crippen molar-refractivity contribution in [3.8, 4) is 5.75 Å². The summed E-state index contributed by atoms with van der Waals surface area (Å²) < 4.78 is 5.97. The minimum Gasteiger partial charge on any atom is -0.491 e. The van der Waals surface area contributed by atoms with Gasteiger partial charge in [-0.15, -0.1) is 0 Å². The van der Waals surface area contributed by atoms with Crippen LogP contribution in [0.15, 0.2) is 36.4 Å². The van der Waals surface area contributed by atoms with E-state index in [1.165, 1.54) is 22.3 Å². The first-order valence-electron chi connectivity index (χ1n) is 7.01. The van der Waals surface area contributed by atoms with E-state index in [-0.39, 0.29) is 6.04 Å². The molecule has 0 aliphatic carbocycles. The standard InChI is InChI=1S/C18H23NO/c1-12-9-14(3)18(15(4)10-12)20-11-17(19)16-8-6-5-7-13(16)2/h5-10,17H,11,19H2,1-4H3. The highest BCUT2D eigenvalue weighted by atomic mass is 16.5. The van der Waals surface area contributed by atoms with Gasteiger partial charge in [0.25, 0.3) is 0 Å². The summed E-state index contributed by atoms with van der Waals surface area (Å²) in [5, 5.41) is 0. The Hall–Kier alpha value is -1.80. The van der Waals surface area contributed by atoms with E-state index in [0.717, 1.165) is 11.3 Å². The molecule has 0 spiro atoms. The summed E-state index contributed by atoms with van der Waals surface area (Å²) in [6.07, 6.45) is 0. The molecule has 0 saturated heterocycles. The first kappa shape index (κ1) is 14.6. The van der Waals surface area contributed by atoms with Crippen LogP contribution in [0.2, 0.25) is 0 Å². The molecular formula is C18H23NO. The first-order chi connectivity index (χ1) is 9.49. The zero-order valence-corrected chi connectivity index (χ0v) is 12.7. The monoisotopic (exact) mass is 269 g/mol. The lowest BCUT2D eigenvalue weighted by atomic mass is 10.0. The van der Waals surface area contributed by atoms with Crippen molar-refractivity contribution in [2.24, 2.45) is 5.73 Å². The molecule has 0 radical (unpaired) electrons. The quantitative estimate of drug-likeness (QED) is 0.910. The summed E-state index contributed by atoms with van der Waals surface area (Å²) in [6, 6.07) is 12.4. The number of rotatable bonds is 4. The molecule has 0 heterocycles. The highest BCUT2D eigenvalue weighted by Gasteiger charge is 2.11. The molecule has 2 heteroatoms. The second kappa shape index (κ2) is 6.10. The molecule has 0 amide bonds. The summed E-state index contributed by atoms with van der Waals surface area (Å²) in [4.78, 5) is 0. The van der Waals surface area contributed by atoms with Crippen LogP contribution in [0.25, 0.3) is 0 Å².